The van der Waals surface area contributed by atoms with Crippen LogP contribution in [0.2, 0.25) is 0 Å². The minimum absolute atomic E-state index is 0.108. The summed E-state index contributed by atoms with van der Waals surface area (Å²) < 4.78 is 30.1. The summed E-state index contributed by atoms with van der Waals surface area (Å²) in [6.07, 6.45) is 2.55. The number of fused-ring (bicyclic) bond motifs is 1. The van der Waals surface area contributed by atoms with Gasteiger partial charge >= 0.3 is 6.03 Å². The van der Waals surface area contributed by atoms with E-state index in [-0.39, 0.29) is 30.3 Å². The van der Waals surface area contributed by atoms with Gasteiger partial charge in [-0.1, -0.05) is 18.2 Å². The van der Waals surface area contributed by atoms with Crippen molar-refractivity contribution in [2.24, 2.45) is 4.99 Å². The number of carbonyl (C=O) groups is 1. The molecule has 1 atom stereocenters. The van der Waals surface area contributed by atoms with Crippen LogP contribution in [0.1, 0.15) is 22.0 Å². The molecule has 2 aromatic carbocycles. The van der Waals surface area contributed by atoms with Gasteiger partial charge < -0.3 is 10.4 Å². The van der Waals surface area contributed by atoms with Crippen LogP contribution in [0.3, 0.4) is 0 Å². The zero-order valence-corrected chi connectivity index (χ0v) is 16.5. The fourth-order valence-corrected chi connectivity index (χ4v) is 4.68. The number of nitrogens with one attached hydrogen (secondary N) is 1. The van der Waals surface area contributed by atoms with E-state index in [0.717, 1.165) is 17.7 Å². The van der Waals surface area contributed by atoms with E-state index in [1.54, 1.807) is 29.8 Å². The van der Waals surface area contributed by atoms with Crippen molar-refractivity contribution in [2.75, 3.05) is 11.4 Å². The molecule has 0 spiro atoms. The second kappa shape index (κ2) is 7.30. The lowest BCUT2D eigenvalue weighted by molar-refractivity contribution is 0.251. The lowest BCUT2D eigenvalue weighted by Gasteiger charge is -2.24. The molecule has 3 heterocycles. The van der Waals surface area contributed by atoms with Gasteiger partial charge in [0.05, 0.1) is 18.3 Å². The smallest absolute Gasteiger partial charge is 0.322 e. The lowest BCUT2D eigenvalue weighted by atomic mass is 9.99. The first kappa shape index (κ1) is 18.9. The van der Waals surface area contributed by atoms with Gasteiger partial charge in [0, 0.05) is 40.9 Å². The Balaban J connectivity index is 1.53. The summed E-state index contributed by atoms with van der Waals surface area (Å²) in [5, 5.41) is 13.6. The van der Waals surface area contributed by atoms with Crippen LogP contribution in [0.15, 0.2) is 46.8 Å². The van der Waals surface area contributed by atoms with E-state index in [4.69, 9.17) is 0 Å². The number of aliphatic hydroxyl groups excluding tert-OH is 1. The zero-order chi connectivity index (χ0) is 20.8. The van der Waals surface area contributed by atoms with Crippen molar-refractivity contribution in [1.82, 2.24) is 5.32 Å². The number of rotatable bonds is 4. The molecule has 2 aliphatic rings. The van der Waals surface area contributed by atoms with Crippen molar-refractivity contribution >= 4 is 35.0 Å². The SMILES string of the molecule is O=C1NCC(c2ccc(-c3csc(CO)c3)c(F)c2F)N1c1ccc2c(c1)N=CC2. The summed E-state index contributed by atoms with van der Waals surface area (Å²) in [4.78, 5) is 18.9. The fraction of sp³-hybridized carbons (Fsp3) is 0.182. The van der Waals surface area contributed by atoms with Gasteiger partial charge in [-0.05, 0) is 34.7 Å². The first-order valence-corrected chi connectivity index (χ1v) is 10.3. The van der Waals surface area contributed by atoms with Crippen molar-refractivity contribution in [3.8, 4) is 11.1 Å². The third-order valence-electron chi connectivity index (χ3n) is 5.46. The van der Waals surface area contributed by atoms with Crippen molar-refractivity contribution in [3.63, 3.8) is 0 Å². The average molecular weight is 425 g/mol. The van der Waals surface area contributed by atoms with Crippen LogP contribution in [0.4, 0.5) is 25.0 Å². The van der Waals surface area contributed by atoms with E-state index in [1.807, 2.05) is 6.07 Å². The summed E-state index contributed by atoms with van der Waals surface area (Å²) >= 11 is 1.28. The molecule has 152 valence electrons. The third-order valence-corrected chi connectivity index (χ3v) is 6.38. The normalized spacial score (nSPS) is 17.5. The van der Waals surface area contributed by atoms with Gasteiger partial charge in [0.2, 0.25) is 0 Å². The highest BCUT2D eigenvalue weighted by molar-refractivity contribution is 7.10. The number of anilines is 1. The summed E-state index contributed by atoms with van der Waals surface area (Å²) in [6.45, 7) is 0.0183. The molecule has 1 saturated heterocycles. The van der Waals surface area contributed by atoms with Crippen LogP contribution < -0.4 is 10.2 Å². The Morgan fingerprint density at radius 1 is 1.20 bits per heavy atom. The van der Waals surface area contributed by atoms with E-state index in [1.165, 1.54) is 28.4 Å². The van der Waals surface area contributed by atoms with Gasteiger partial charge in [0.25, 0.3) is 0 Å². The van der Waals surface area contributed by atoms with E-state index < -0.39 is 17.7 Å². The number of aliphatic hydroxyl groups is 1. The maximum atomic E-state index is 15.1. The van der Waals surface area contributed by atoms with E-state index in [9.17, 15) is 14.3 Å². The number of urea groups is 1. The Labute approximate surface area is 175 Å². The number of nitrogens with zero attached hydrogens (tertiary/aromatic N) is 2. The molecule has 0 saturated carbocycles. The first-order chi connectivity index (χ1) is 14.6. The predicted octanol–water partition coefficient (Wildman–Crippen LogP) is 4.71. The molecule has 0 aliphatic carbocycles. The number of thiophene rings is 1. The van der Waals surface area contributed by atoms with Crippen molar-refractivity contribution < 1.29 is 18.7 Å². The molecular formula is C22H17F2N3O2S. The van der Waals surface area contributed by atoms with Crippen LogP contribution in [-0.2, 0) is 13.0 Å². The van der Waals surface area contributed by atoms with Crippen LogP contribution in [0.5, 0.6) is 0 Å². The average Bonchev–Trinajstić information content (AvgIpc) is 3.48. The Morgan fingerprint density at radius 2 is 2.07 bits per heavy atom. The molecule has 5 rings (SSSR count). The Hall–Kier alpha value is -3.10. The van der Waals surface area contributed by atoms with E-state index >= 15 is 4.39 Å². The summed E-state index contributed by atoms with van der Waals surface area (Å²) in [6, 6.07) is 9.13. The Morgan fingerprint density at radius 3 is 2.87 bits per heavy atom. The van der Waals surface area contributed by atoms with Crippen LogP contribution in [0.25, 0.3) is 11.1 Å². The molecular weight excluding hydrogens is 408 g/mol. The number of benzene rings is 2. The highest BCUT2D eigenvalue weighted by Gasteiger charge is 2.36. The van der Waals surface area contributed by atoms with E-state index in [0.29, 0.717) is 16.1 Å². The van der Waals surface area contributed by atoms with Gasteiger partial charge in [-0.15, -0.1) is 11.3 Å². The van der Waals surface area contributed by atoms with Crippen LogP contribution in [0, 0.1) is 11.6 Å². The topological polar surface area (TPSA) is 64.9 Å². The maximum absolute atomic E-state index is 15.1. The number of amides is 2. The minimum Gasteiger partial charge on any atom is -0.391 e. The molecule has 2 N–H and O–H groups in total. The number of aliphatic imine (C=N–C) groups is 1. The molecule has 2 aliphatic heterocycles. The first-order valence-electron chi connectivity index (χ1n) is 9.46. The third kappa shape index (κ3) is 3.00. The van der Waals surface area contributed by atoms with Crippen molar-refractivity contribution in [1.29, 1.82) is 0 Å². The van der Waals surface area contributed by atoms with Crippen molar-refractivity contribution in [2.45, 2.75) is 19.1 Å². The standard InChI is InChI=1S/C22H17F2N3O2S/c23-20-16(13-7-15(10-28)30-11-13)3-4-17(21(20)24)19-9-26-22(29)27(19)14-2-1-12-5-6-25-18(12)8-14/h1-4,6-8,11,19,28H,5,9-10H2,(H,26,29). The molecule has 1 unspecified atom stereocenters. The number of carbonyl (C=O) groups excluding carboxylic acids is 1. The van der Waals surface area contributed by atoms with Gasteiger partial charge in [-0.3, -0.25) is 9.89 Å². The van der Waals surface area contributed by atoms with Crippen LogP contribution in [-0.4, -0.2) is 23.9 Å². The molecule has 30 heavy (non-hydrogen) atoms. The van der Waals surface area contributed by atoms with Gasteiger partial charge in [0.1, 0.15) is 0 Å². The van der Waals surface area contributed by atoms with Gasteiger partial charge in [-0.2, -0.15) is 0 Å². The molecule has 1 aromatic heterocycles. The molecule has 3 aromatic rings. The predicted molar refractivity (Wildman–Crippen MR) is 113 cm³/mol. The number of hydrogen-bond acceptors (Lipinski definition) is 4. The molecule has 1 fully saturated rings. The summed E-state index contributed by atoms with van der Waals surface area (Å²) in [5.41, 5.74) is 3.18. The van der Waals surface area contributed by atoms with E-state index in [2.05, 4.69) is 10.3 Å². The largest absolute Gasteiger partial charge is 0.391 e. The number of halogens is 2. The molecule has 2 amide bonds. The Kier molecular flexibility index (Phi) is 4.60. The summed E-state index contributed by atoms with van der Waals surface area (Å²) in [5.74, 6) is -1.94. The molecule has 5 nitrogen and oxygen atoms in total. The molecule has 0 bridgehead atoms. The second-order valence-corrected chi connectivity index (χ2v) is 8.19. The van der Waals surface area contributed by atoms with Gasteiger partial charge in [-0.25, -0.2) is 13.6 Å². The quantitative estimate of drug-likeness (QED) is 0.636. The molecule has 0 radical (unpaired) electrons. The zero-order valence-electron chi connectivity index (χ0n) is 15.7. The summed E-state index contributed by atoms with van der Waals surface area (Å²) in [7, 11) is 0. The molecule has 8 heteroatoms. The van der Waals surface area contributed by atoms with Crippen LogP contribution >= 0.6 is 11.3 Å². The lowest BCUT2D eigenvalue weighted by Crippen LogP contribution is -2.30. The fourth-order valence-electron chi connectivity index (χ4n) is 3.93. The Bertz CT molecular complexity index is 1190. The van der Waals surface area contributed by atoms with Crippen molar-refractivity contribution in [3.05, 3.63) is 69.4 Å². The maximum Gasteiger partial charge on any atom is 0.322 e. The number of hydrogen-bond donors (Lipinski definition) is 2. The minimum atomic E-state index is -0.977. The highest BCUT2D eigenvalue weighted by atomic mass is 32.1. The van der Waals surface area contributed by atoms with Gasteiger partial charge in [0.15, 0.2) is 11.6 Å². The second-order valence-electron chi connectivity index (χ2n) is 7.19. The highest BCUT2D eigenvalue weighted by Crippen LogP contribution is 2.38. The monoisotopic (exact) mass is 425 g/mol.